The first-order valence-electron chi connectivity index (χ1n) is 7.12. The Labute approximate surface area is 138 Å². The summed E-state index contributed by atoms with van der Waals surface area (Å²) >= 11 is 0. The van der Waals surface area contributed by atoms with Crippen LogP contribution in [0.25, 0.3) is 6.08 Å². The Morgan fingerprint density at radius 1 is 1.08 bits per heavy atom. The molecule has 0 radical (unpaired) electrons. The summed E-state index contributed by atoms with van der Waals surface area (Å²) in [5, 5.41) is 2.33. The van der Waals surface area contributed by atoms with Crippen LogP contribution in [0.4, 0.5) is 9.18 Å². The number of benzene rings is 2. The van der Waals surface area contributed by atoms with E-state index in [2.05, 4.69) is 10.1 Å². The minimum absolute atomic E-state index is 0.0671. The van der Waals surface area contributed by atoms with E-state index in [0.717, 1.165) is 5.56 Å². The molecule has 2 rings (SSSR count). The molecule has 24 heavy (non-hydrogen) atoms. The zero-order valence-electron chi connectivity index (χ0n) is 13.0. The summed E-state index contributed by atoms with van der Waals surface area (Å²) in [5.41, 5.74) is 1.23. The lowest BCUT2D eigenvalue weighted by atomic mass is 10.2. The van der Waals surface area contributed by atoms with Crippen LogP contribution in [0.3, 0.4) is 0 Å². The minimum atomic E-state index is -0.794. The van der Waals surface area contributed by atoms with Gasteiger partial charge in [-0.05, 0) is 29.3 Å². The normalized spacial score (nSPS) is 10.8. The second kappa shape index (κ2) is 8.47. The molecule has 1 amide bonds. The molecular weight excluding hydrogens is 313 g/mol. The summed E-state index contributed by atoms with van der Waals surface area (Å²) in [6, 6.07) is 14.5. The third-order valence-corrected chi connectivity index (χ3v) is 3.04. The molecule has 2 aromatic rings. The number of amides is 1. The van der Waals surface area contributed by atoms with E-state index in [9.17, 15) is 14.0 Å². The molecule has 0 saturated carbocycles. The van der Waals surface area contributed by atoms with Gasteiger partial charge in [-0.25, -0.2) is 14.0 Å². The van der Waals surface area contributed by atoms with Gasteiger partial charge in [0.25, 0.3) is 0 Å². The van der Waals surface area contributed by atoms with Crippen molar-refractivity contribution >= 4 is 18.1 Å². The van der Waals surface area contributed by atoms with Crippen LogP contribution in [-0.4, -0.2) is 19.2 Å². The molecule has 0 spiro atoms. The van der Waals surface area contributed by atoms with Crippen molar-refractivity contribution in [2.24, 2.45) is 0 Å². The maximum Gasteiger partial charge on any atom is 0.412 e. The number of carbonyl (C=O) groups excluding carboxylic acids is 2. The van der Waals surface area contributed by atoms with Crippen LogP contribution < -0.4 is 5.32 Å². The smallest absolute Gasteiger partial charge is 0.412 e. The van der Waals surface area contributed by atoms with Gasteiger partial charge in [0.2, 0.25) is 0 Å². The van der Waals surface area contributed by atoms with Gasteiger partial charge >= 0.3 is 12.1 Å². The van der Waals surface area contributed by atoms with Crippen molar-refractivity contribution in [2.45, 2.75) is 6.61 Å². The molecule has 0 saturated heterocycles. The van der Waals surface area contributed by atoms with E-state index in [1.807, 2.05) is 30.3 Å². The van der Waals surface area contributed by atoms with Crippen molar-refractivity contribution in [3.63, 3.8) is 0 Å². The summed E-state index contributed by atoms with van der Waals surface area (Å²) in [5.74, 6) is -1.14. The van der Waals surface area contributed by atoms with E-state index >= 15 is 0 Å². The van der Waals surface area contributed by atoms with Gasteiger partial charge < -0.3 is 9.47 Å². The number of carbonyl (C=O) groups is 2. The van der Waals surface area contributed by atoms with Crippen LogP contribution in [0.5, 0.6) is 0 Å². The second-order valence-corrected chi connectivity index (χ2v) is 4.79. The van der Waals surface area contributed by atoms with E-state index < -0.39 is 17.9 Å². The first kappa shape index (κ1) is 17.2. The number of ether oxygens (including phenoxy) is 2. The summed E-state index contributed by atoms with van der Waals surface area (Å²) in [4.78, 5) is 23.6. The van der Waals surface area contributed by atoms with Gasteiger partial charge in [0.05, 0.1) is 7.11 Å². The number of hydrogen-bond donors (Lipinski definition) is 1. The van der Waals surface area contributed by atoms with Gasteiger partial charge in [-0.15, -0.1) is 0 Å². The first-order valence-corrected chi connectivity index (χ1v) is 7.12. The van der Waals surface area contributed by atoms with Crippen LogP contribution in [0.1, 0.15) is 11.1 Å². The van der Waals surface area contributed by atoms with Crippen LogP contribution >= 0.6 is 0 Å². The number of hydrogen-bond acceptors (Lipinski definition) is 4. The summed E-state index contributed by atoms with van der Waals surface area (Å²) in [7, 11) is 1.19. The molecule has 0 bridgehead atoms. The fourth-order valence-electron chi connectivity index (χ4n) is 1.85. The van der Waals surface area contributed by atoms with Gasteiger partial charge in [0, 0.05) is 0 Å². The Morgan fingerprint density at radius 3 is 2.38 bits per heavy atom. The molecule has 0 aromatic heterocycles. The average Bonchev–Trinajstić information content (AvgIpc) is 2.61. The second-order valence-electron chi connectivity index (χ2n) is 4.79. The van der Waals surface area contributed by atoms with Gasteiger partial charge in [0.1, 0.15) is 18.1 Å². The monoisotopic (exact) mass is 329 g/mol. The Balaban J connectivity index is 2.04. The van der Waals surface area contributed by atoms with E-state index in [-0.39, 0.29) is 12.3 Å². The van der Waals surface area contributed by atoms with E-state index in [4.69, 9.17) is 4.74 Å². The SMILES string of the molecule is COC(=O)/C(=C/c1ccc(F)cc1)NC(=O)OCc1ccccc1. The zero-order valence-corrected chi connectivity index (χ0v) is 13.0. The molecule has 5 nitrogen and oxygen atoms in total. The predicted octanol–water partition coefficient (Wildman–Crippen LogP) is 3.27. The minimum Gasteiger partial charge on any atom is -0.464 e. The van der Waals surface area contributed by atoms with Crippen molar-refractivity contribution < 1.29 is 23.5 Å². The molecule has 0 heterocycles. The molecule has 0 atom stereocenters. The van der Waals surface area contributed by atoms with E-state index in [1.165, 1.54) is 37.5 Å². The van der Waals surface area contributed by atoms with Crippen molar-refractivity contribution in [3.8, 4) is 0 Å². The van der Waals surface area contributed by atoms with Crippen molar-refractivity contribution in [1.29, 1.82) is 0 Å². The fraction of sp³-hybridized carbons (Fsp3) is 0.111. The maximum absolute atomic E-state index is 12.9. The molecule has 0 fully saturated rings. The highest BCUT2D eigenvalue weighted by Crippen LogP contribution is 2.09. The highest BCUT2D eigenvalue weighted by molar-refractivity contribution is 5.96. The third kappa shape index (κ3) is 5.24. The molecule has 1 N–H and O–H groups in total. The zero-order chi connectivity index (χ0) is 17.4. The van der Waals surface area contributed by atoms with Gasteiger partial charge in [0.15, 0.2) is 0 Å². The standard InChI is InChI=1S/C18H16FNO4/c1-23-17(21)16(11-13-7-9-15(19)10-8-13)20-18(22)24-12-14-5-3-2-4-6-14/h2-11H,12H2,1H3,(H,20,22)/b16-11-. The topological polar surface area (TPSA) is 64.6 Å². The van der Waals surface area contributed by atoms with Crippen LogP contribution in [0, 0.1) is 5.82 Å². The van der Waals surface area contributed by atoms with Gasteiger partial charge in [-0.1, -0.05) is 42.5 Å². The van der Waals surface area contributed by atoms with Crippen molar-refractivity contribution in [3.05, 3.63) is 77.2 Å². The number of esters is 1. The first-order chi connectivity index (χ1) is 11.6. The number of methoxy groups -OCH3 is 1. The Hall–Kier alpha value is -3.15. The van der Waals surface area contributed by atoms with Crippen molar-refractivity contribution in [2.75, 3.05) is 7.11 Å². The van der Waals surface area contributed by atoms with Crippen LogP contribution in [0.2, 0.25) is 0 Å². The quantitative estimate of drug-likeness (QED) is 0.675. The molecule has 0 aliphatic heterocycles. The average molecular weight is 329 g/mol. The summed E-state index contributed by atoms with van der Waals surface area (Å²) in [6.45, 7) is 0.0671. The fourth-order valence-corrected chi connectivity index (χ4v) is 1.85. The number of halogens is 1. The molecule has 0 aliphatic rings. The van der Waals surface area contributed by atoms with Crippen molar-refractivity contribution in [1.82, 2.24) is 5.32 Å². The van der Waals surface area contributed by atoms with E-state index in [0.29, 0.717) is 5.56 Å². The van der Waals surface area contributed by atoms with Crippen LogP contribution in [0.15, 0.2) is 60.3 Å². The molecule has 124 valence electrons. The highest BCUT2D eigenvalue weighted by Gasteiger charge is 2.14. The Bertz CT molecular complexity index is 726. The molecular formula is C18H16FNO4. The lowest BCUT2D eigenvalue weighted by Gasteiger charge is -2.09. The number of rotatable bonds is 5. The Kier molecular flexibility index (Phi) is 6.08. The summed E-state index contributed by atoms with van der Waals surface area (Å²) < 4.78 is 22.6. The highest BCUT2D eigenvalue weighted by atomic mass is 19.1. The largest absolute Gasteiger partial charge is 0.464 e. The molecule has 2 aromatic carbocycles. The van der Waals surface area contributed by atoms with Gasteiger partial charge in [-0.2, -0.15) is 0 Å². The maximum atomic E-state index is 12.9. The summed E-state index contributed by atoms with van der Waals surface area (Å²) in [6.07, 6.45) is 0.576. The van der Waals surface area contributed by atoms with Gasteiger partial charge in [-0.3, -0.25) is 5.32 Å². The lowest BCUT2D eigenvalue weighted by Crippen LogP contribution is -2.28. The molecule has 0 unspecified atom stereocenters. The number of alkyl carbamates (subject to hydrolysis) is 1. The molecule has 0 aliphatic carbocycles. The molecule has 6 heteroatoms. The number of nitrogens with one attached hydrogen (secondary N) is 1. The predicted molar refractivity (Wildman–Crippen MR) is 86.2 cm³/mol. The van der Waals surface area contributed by atoms with Crippen LogP contribution in [-0.2, 0) is 20.9 Å². The Morgan fingerprint density at radius 2 is 1.75 bits per heavy atom. The lowest BCUT2D eigenvalue weighted by molar-refractivity contribution is -0.136. The van der Waals surface area contributed by atoms with E-state index in [1.54, 1.807) is 0 Å². The third-order valence-electron chi connectivity index (χ3n) is 3.04.